The molecule has 0 radical (unpaired) electrons. The summed E-state index contributed by atoms with van der Waals surface area (Å²) in [4.78, 5) is 24.6. The van der Waals surface area contributed by atoms with Gasteiger partial charge in [0.2, 0.25) is 10.8 Å². The van der Waals surface area contributed by atoms with Gasteiger partial charge in [-0.1, -0.05) is 12.2 Å². The monoisotopic (exact) mass is 290 g/mol. The second-order valence-electron chi connectivity index (χ2n) is 4.88. The van der Waals surface area contributed by atoms with Crippen molar-refractivity contribution in [1.29, 1.82) is 10.5 Å². The predicted octanol–water partition coefficient (Wildman–Crippen LogP) is 0.470. The van der Waals surface area contributed by atoms with E-state index in [1.807, 2.05) is 12.1 Å². The van der Waals surface area contributed by atoms with E-state index in [0.717, 1.165) is 14.2 Å². The topological polar surface area (TPSA) is 109 Å². The number of esters is 2. The van der Waals surface area contributed by atoms with Crippen LogP contribution in [0.2, 0.25) is 0 Å². The molecule has 2 aliphatic heterocycles. The molecule has 2 rings (SSSR count). The number of fused-ring (bicyclic) bond motifs is 2. The van der Waals surface area contributed by atoms with Crippen molar-refractivity contribution in [2.45, 2.75) is 25.0 Å². The fourth-order valence-corrected chi connectivity index (χ4v) is 3.13. The summed E-state index contributed by atoms with van der Waals surface area (Å²) in [6.07, 6.45) is 2.13. The van der Waals surface area contributed by atoms with Crippen molar-refractivity contribution in [1.82, 2.24) is 0 Å². The lowest BCUT2D eigenvalue weighted by Crippen LogP contribution is -2.56. The van der Waals surface area contributed by atoms with Crippen LogP contribution in [0.25, 0.3) is 0 Å². The summed E-state index contributed by atoms with van der Waals surface area (Å²) in [5, 5.41) is 19.3. The Morgan fingerprint density at radius 2 is 1.43 bits per heavy atom. The molecule has 1 fully saturated rings. The zero-order valence-corrected chi connectivity index (χ0v) is 11.7. The average Bonchev–Trinajstić information content (AvgIpc) is 2.64. The maximum Gasteiger partial charge on any atom is 0.331 e. The quantitative estimate of drug-likeness (QED) is 0.537. The summed E-state index contributed by atoms with van der Waals surface area (Å²) in [5.41, 5.74) is -4.09. The molecule has 7 heteroatoms. The van der Waals surface area contributed by atoms with E-state index in [-0.39, 0.29) is 12.8 Å². The smallest absolute Gasteiger partial charge is 0.331 e. The first-order chi connectivity index (χ1) is 10.0. The van der Waals surface area contributed by atoms with Crippen molar-refractivity contribution in [2.24, 2.45) is 10.8 Å². The van der Waals surface area contributed by atoms with Crippen LogP contribution in [-0.4, -0.2) is 38.4 Å². The number of methoxy groups -OCH3 is 2. The number of rotatable bonds is 2. The van der Waals surface area contributed by atoms with Crippen molar-refractivity contribution in [2.75, 3.05) is 14.2 Å². The van der Waals surface area contributed by atoms with Crippen molar-refractivity contribution >= 4 is 11.9 Å². The Labute approximate surface area is 121 Å². The lowest BCUT2D eigenvalue weighted by atomic mass is 9.59. The van der Waals surface area contributed by atoms with Gasteiger partial charge in [0.1, 0.15) is 0 Å². The Bertz CT molecular complexity index is 537. The Morgan fingerprint density at radius 1 is 1.05 bits per heavy atom. The first kappa shape index (κ1) is 15.0. The van der Waals surface area contributed by atoms with Crippen LogP contribution < -0.4 is 0 Å². The number of carbonyl (C=O) groups is 2. The summed E-state index contributed by atoms with van der Waals surface area (Å²) in [6, 6.07) is 3.66. The van der Waals surface area contributed by atoms with Gasteiger partial charge in [0.25, 0.3) is 0 Å². The zero-order chi connectivity index (χ0) is 15.7. The van der Waals surface area contributed by atoms with E-state index >= 15 is 0 Å². The maximum absolute atomic E-state index is 12.3. The minimum absolute atomic E-state index is 0.236. The molecule has 0 aromatic rings. The zero-order valence-electron chi connectivity index (χ0n) is 11.7. The molecule has 7 nitrogen and oxygen atoms in total. The molecular formula is C14H14N2O5. The lowest BCUT2D eigenvalue weighted by molar-refractivity contribution is -0.167. The highest BCUT2D eigenvalue weighted by Gasteiger charge is 2.77. The van der Waals surface area contributed by atoms with E-state index in [1.54, 1.807) is 12.2 Å². The van der Waals surface area contributed by atoms with Crippen molar-refractivity contribution < 1.29 is 23.8 Å². The van der Waals surface area contributed by atoms with Gasteiger partial charge in [-0.15, -0.1) is 0 Å². The number of hydrogen-bond donors (Lipinski definition) is 0. The van der Waals surface area contributed by atoms with Crippen molar-refractivity contribution in [3.8, 4) is 12.1 Å². The third-order valence-electron chi connectivity index (χ3n) is 4.15. The highest BCUT2D eigenvalue weighted by Crippen LogP contribution is 2.57. The van der Waals surface area contributed by atoms with Crippen LogP contribution in [0.5, 0.6) is 0 Å². The molecule has 2 aliphatic rings. The van der Waals surface area contributed by atoms with Gasteiger partial charge in [-0.3, -0.25) is 9.59 Å². The van der Waals surface area contributed by atoms with Gasteiger partial charge in [-0.05, 0) is 12.8 Å². The van der Waals surface area contributed by atoms with Crippen molar-refractivity contribution in [3.63, 3.8) is 0 Å². The van der Waals surface area contributed by atoms with Gasteiger partial charge >= 0.3 is 11.9 Å². The van der Waals surface area contributed by atoms with Crippen LogP contribution >= 0.6 is 0 Å². The van der Waals surface area contributed by atoms with E-state index in [0.29, 0.717) is 0 Å². The van der Waals surface area contributed by atoms with E-state index < -0.39 is 35.0 Å². The predicted molar refractivity (Wildman–Crippen MR) is 67.2 cm³/mol. The van der Waals surface area contributed by atoms with Gasteiger partial charge in [0.05, 0.1) is 38.6 Å². The molecule has 21 heavy (non-hydrogen) atoms. The summed E-state index contributed by atoms with van der Waals surface area (Å²) in [6.45, 7) is 0. The second kappa shape index (κ2) is 5.19. The van der Waals surface area contributed by atoms with E-state index in [4.69, 9.17) is 14.2 Å². The molecule has 0 spiro atoms. The maximum atomic E-state index is 12.3. The summed E-state index contributed by atoms with van der Waals surface area (Å²) >= 11 is 0. The molecule has 0 aromatic heterocycles. The van der Waals surface area contributed by atoms with Crippen LogP contribution in [0.1, 0.15) is 12.8 Å². The average molecular weight is 290 g/mol. The first-order valence-electron chi connectivity index (χ1n) is 6.35. The van der Waals surface area contributed by atoms with Gasteiger partial charge in [0, 0.05) is 0 Å². The molecule has 0 N–H and O–H groups in total. The Hall–Kier alpha value is -2.38. The minimum Gasteiger partial charge on any atom is -0.468 e. The molecule has 0 saturated carbocycles. The van der Waals surface area contributed by atoms with E-state index in [9.17, 15) is 20.1 Å². The molecule has 0 unspecified atom stereocenters. The summed E-state index contributed by atoms with van der Waals surface area (Å²) in [5.74, 6) is -1.92. The molecule has 1 saturated heterocycles. The molecular weight excluding hydrogens is 276 g/mol. The molecule has 0 amide bonds. The van der Waals surface area contributed by atoms with Gasteiger partial charge in [-0.2, -0.15) is 10.5 Å². The SMILES string of the molecule is COC(=O)[C@]1(C#N)[C@@H]2CC=CC[C@@H](O2)[C@@]1(C#N)C(=O)OC. The normalized spacial score (nSPS) is 37.0. The number of nitriles is 2. The number of ether oxygens (including phenoxy) is 3. The van der Waals surface area contributed by atoms with Gasteiger partial charge < -0.3 is 14.2 Å². The number of carbonyl (C=O) groups excluding carboxylic acids is 2. The standard InChI is InChI=1S/C14H14N2O5/c1-19-11(17)13(7-15)9-5-3-4-6-10(21-9)14(13,8-16)12(18)20-2/h3-4,9-10H,5-6H2,1-2H3/t9-,10+,13-,14-/m0/s1. The summed E-state index contributed by atoms with van der Waals surface area (Å²) in [7, 11) is 2.21. The van der Waals surface area contributed by atoms with Crippen LogP contribution in [0.4, 0.5) is 0 Å². The highest BCUT2D eigenvalue weighted by molar-refractivity contribution is 5.95. The van der Waals surface area contributed by atoms with E-state index in [2.05, 4.69) is 0 Å². The number of hydrogen-bond acceptors (Lipinski definition) is 7. The third-order valence-corrected chi connectivity index (χ3v) is 4.15. The fourth-order valence-electron chi connectivity index (χ4n) is 3.13. The molecule has 0 aromatic carbocycles. The molecule has 2 bridgehead atoms. The van der Waals surface area contributed by atoms with Gasteiger partial charge in [-0.25, -0.2) is 0 Å². The Morgan fingerprint density at radius 3 is 1.71 bits per heavy atom. The fraction of sp³-hybridized carbons (Fsp3) is 0.571. The first-order valence-corrected chi connectivity index (χ1v) is 6.35. The highest BCUT2D eigenvalue weighted by atomic mass is 16.6. The second-order valence-corrected chi connectivity index (χ2v) is 4.88. The van der Waals surface area contributed by atoms with E-state index in [1.165, 1.54) is 0 Å². The van der Waals surface area contributed by atoms with Crippen LogP contribution in [0.3, 0.4) is 0 Å². The van der Waals surface area contributed by atoms with Gasteiger partial charge in [0.15, 0.2) is 0 Å². The Balaban J connectivity index is 2.76. The van der Waals surface area contributed by atoms with Crippen molar-refractivity contribution in [3.05, 3.63) is 12.2 Å². The largest absolute Gasteiger partial charge is 0.468 e. The lowest BCUT2D eigenvalue weighted by Gasteiger charge is -2.34. The van der Waals surface area contributed by atoms with Crippen LogP contribution in [0.15, 0.2) is 12.2 Å². The van der Waals surface area contributed by atoms with Crippen LogP contribution in [-0.2, 0) is 23.8 Å². The molecule has 4 atom stereocenters. The Kier molecular flexibility index (Phi) is 3.71. The number of nitrogens with zero attached hydrogens (tertiary/aromatic N) is 2. The summed E-state index contributed by atoms with van der Waals surface area (Å²) < 4.78 is 15.1. The molecule has 2 heterocycles. The third kappa shape index (κ3) is 1.61. The molecule has 110 valence electrons. The minimum atomic E-state index is -2.04. The molecule has 0 aliphatic carbocycles. The van der Waals surface area contributed by atoms with Crippen LogP contribution in [0, 0.1) is 33.5 Å².